The van der Waals surface area contributed by atoms with Gasteiger partial charge in [0.2, 0.25) is 0 Å². The summed E-state index contributed by atoms with van der Waals surface area (Å²) >= 11 is 1.52. The summed E-state index contributed by atoms with van der Waals surface area (Å²) in [6, 6.07) is 3.81. The molecular formula is C21H23N5O3S. The van der Waals surface area contributed by atoms with E-state index in [0.717, 1.165) is 45.0 Å². The van der Waals surface area contributed by atoms with Crippen LogP contribution in [0.3, 0.4) is 0 Å². The molecule has 9 heteroatoms. The fourth-order valence-corrected chi connectivity index (χ4v) is 4.89. The van der Waals surface area contributed by atoms with E-state index in [0.29, 0.717) is 24.6 Å². The average molecular weight is 426 g/mol. The van der Waals surface area contributed by atoms with Gasteiger partial charge in [-0.15, -0.1) is 11.3 Å². The third-order valence-corrected chi connectivity index (χ3v) is 6.84. The number of aromatic amines is 1. The number of anilines is 1. The molecule has 0 aliphatic carbocycles. The van der Waals surface area contributed by atoms with Crippen LogP contribution >= 0.6 is 11.3 Å². The van der Waals surface area contributed by atoms with Gasteiger partial charge in [0.25, 0.3) is 5.56 Å². The zero-order chi connectivity index (χ0) is 21.0. The van der Waals surface area contributed by atoms with Crippen molar-refractivity contribution in [3.05, 3.63) is 39.8 Å². The lowest BCUT2D eigenvalue weighted by atomic mass is 10.1. The summed E-state index contributed by atoms with van der Waals surface area (Å²) in [5.74, 6) is 1.40. The van der Waals surface area contributed by atoms with Crippen molar-refractivity contribution < 1.29 is 9.84 Å². The lowest BCUT2D eigenvalue weighted by molar-refractivity contribution is 0.0826. The van der Waals surface area contributed by atoms with Crippen LogP contribution in [-0.4, -0.2) is 50.9 Å². The molecule has 1 aliphatic heterocycles. The van der Waals surface area contributed by atoms with E-state index in [1.54, 1.807) is 37.9 Å². The van der Waals surface area contributed by atoms with Crippen LogP contribution in [0, 0.1) is 0 Å². The summed E-state index contributed by atoms with van der Waals surface area (Å²) in [7, 11) is 1.73. The van der Waals surface area contributed by atoms with E-state index in [1.165, 1.54) is 11.3 Å². The standard InChI is InChI=1S/C21H23N5O3S/c1-21(2,28)15-10-14-17(30-15)19(26-6-8-29-9-7-26)24-18(23-14)13-11-25(3)20(27)16-12(13)4-5-22-16/h4-5,10-11,22,28H,6-9H2,1-3H3. The molecule has 4 aromatic rings. The minimum Gasteiger partial charge on any atom is -0.385 e. The fraction of sp³-hybridized carbons (Fsp3) is 0.381. The van der Waals surface area contributed by atoms with Gasteiger partial charge in [0.15, 0.2) is 11.6 Å². The van der Waals surface area contributed by atoms with Crippen LogP contribution in [0.4, 0.5) is 5.82 Å². The van der Waals surface area contributed by atoms with E-state index < -0.39 is 5.60 Å². The Balaban J connectivity index is 1.78. The Morgan fingerprint density at radius 3 is 2.77 bits per heavy atom. The second kappa shape index (κ2) is 6.90. The maximum absolute atomic E-state index is 12.5. The van der Waals surface area contributed by atoms with Crippen LogP contribution in [-0.2, 0) is 17.4 Å². The fourth-order valence-electron chi connectivity index (χ4n) is 3.77. The third-order valence-electron chi connectivity index (χ3n) is 5.40. The molecule has 5 rings (SSSR count). The number of aromatic nitrogens is 4. The lowest BCUT2D eigenvalue weighted by Crippen LogP contribution is -2.36. The van der Waals surface area contributed by atoms with Gasteiger partial charge in [0.1, 0.15) is 5.52 Å². The van der Waals surface area contributed by atoms with Gasteiger partial charge < -0.3 is 24.3 Å². The van der Waals surface area contributed by atoms with E-state index >= 15 is 0 Å². The largest absolute Gasteiger partial charge is 0.385 e. The first-order valence-corrected chi connectivity index (χ1v) is 10.7. The number of nitrogens with one attached hydrogen (secondary N) is 1. The van der Waals surface area contributed by atoms with Gasteiger partial charge in [-0.2, -0.15) is 0 Å². The highest BCUT2D eigenvalue weighted by molar-refractivity contribution is 7.19. The summed E-state index contributed by atoms with van der Waals surface area (Å²) in [5.41, 5.74) is 1.07. The lowest BCUT2D eigenvalue weighted by Gasteiger charge is -2.28. The first-order valence-electron chi connectivity index (χ1n) is 9.87. The number of aryl methyl sites for hydroxylation is 1. The molecule has 1 saturated heterocycles. The molecule has 1 fully saturated rings. The van der Waals surface area contributed by atoms with E-state index in [-0.39, 0.29) is 5.56 Å². The highest BCUT2D eigenvalue weighted by Gasteiger charge is 2.25. The summed E-state index contributed by atoms with van der Waals surface area (Å²) < 4.78 is 8.02. The molecule has 30 heavy (non-hydrogen) atoms. The maximum Gasteiger partial charge on any atom is 0.274 e. The normalized spacial score (nSPS) is 15.4. The third kappa shape index (κ3) is 3.10. The van der Waals surface area contributed by atoms with Crippen molar-refractivity contribution >= 4 is 38.3 Å². The molecule has 0 radical (unpaired) electrons. The molecule has 0 saturated carbocycles. The molecule has 0 spiro atoms. The summed E-state index contributed by atoms with van der Waals surface area (Å²) in [6.45, 7) is 6.33. The predicted octanol–water partition coefficient (Wildman–Crippen LogP) is 2.60. The number of hydrogen-bond acceptors (Lipinski definition) is 7. The Bertz CT molecular complexity index is 1310. The maximum atomic E-state index is 12.5. The van der Waals surface area contributed by atoms with Gasteiger partial charge in [0.05, 0.1) is 29.0 Å². The molecule has 8 nitrogen and oxygen atoms in total. The van der Waals surface area contributed by atoms with Gasteiger partial charge in [-0.05, 0) is 26.0 Å². The van der Waals surface area contributed by atoms with Crippen molar-refractivity contribution in [1.29, 1.82) is 0 Å². The Hall–Kier alpha value is -2.75. The summed E-state index contributed by atoms with van der Waals surface area (Å²) in [4.78, 5) is 28.3. The van der Waals surface area contributed by atoms with Crippen LogP contribution in [0.25, 0.3) is 32.5 Å². The van der Waals surface area contributed by atoms with Gasteiger partial charge in [-0.25, -0.2) is 9.97 Å². The van der Waals surface area contributed by atoms with Gasteiger partial charge in [-0.1, -0.05) is 0 Å². The second-order valence-electron chi connectivity index (χ2n) is 8.08. The van der Waals surface area contributed by atoms with Crippen molar-refractivity contribution in [2.45, 2.75) is 19.4 Å². The quantitative estimate of drug-likeness (QED) is 0.524. The monoisotopic (exact) mass is 425 g/mol. The Labute approximate surface area is 176 Å². The van der Waals surface area contributed by atoms with E-state index in [4.69, 9.17) is 14.7 Å². The van der Waals surface area contributed by atoms with Crippen LogP contribution in [0.1, 0.15) is 18.7 Å². The molecule has 5 heterocycles. The molecule has 1 aliphatic rings. The van der Waals surface area contributed by atoms with Gasteiger partial charge in [-0.3, -0.25) is 4.79 Å². The summed E-state index contributed by atoms with van der Waals surface area (Å²) in [6.07, 6.45) is 3.54. The number of nitrogens with zero attached hydrogens (tertiary/aromatic N) is 4. The number of fused-ring (bicyclic) bond motifs is 2. The van der Waals surface area contributed by atoms with Crippen molar-refractivity contribution in [3.63, 3.8) is 0 Å². The molecule has 4 aromatic heterocycles. The predicted molar refractivity (Wildman–Crippen MR) is 118 cm³/mol. The molecule has 0 atom stereocenters. The molecule has 156 valence electrons. The van der Waals surface area contributed by atoms with Crippen molar-refractivity contribution in [1.82, 2.24) is 19.5 Å². The highest BCUT2D eigenvalue weighted by Crippen LogP contribution is 2.38. The smallest absolute Gasteiger partial charge is 0.274 e. The number of aliphatic hydroxyl groups is 1. The first kappa shape index (κ1) is 19.2. The number of morpholine rings is 1. The average Bonchev–Trinajstić information content (AvgIpc) is 3.38. The molecule has 0 aromatic carbocycles. The second-order valence-corrected chi connectivity index (χ2v) is 9.13. The van der Waals surface area contributed by atoms with E-state index in [1.807, 2.05) is 12.1 Å². The van der Waals surface area contributed by atoms with Crippen molar-refractivity contribution in [2.24, 2.45) is 7.05 Å². The van der Waals surface area contributed by atoms with E-state index in [2.05, 4.69) is 9.88 Å². The molecule has 2 N–H and O–H groups in total. The Kier molecular flexibility index (Phi) is 4.42. The topological polar surface area (TPSA) is 96.3 Å². The van der Waals surface area contributed by atoms with Crippen LogP contribution in [0.2, 0.25) is 0 Å². The Morgan fingerprint density at radius 2 is 2.03 bits per heavy atom. The number of H-pyrrole nitrogens is 1. The summed E-state index contributed by atoms with van der Waals surface area (Å²) in [5, 5.41) is 11.3. The zero-order valence-electron chi connectivity index (χ0n) is 17.1. The molecule has 0 unspecified atom stereocenters. The molecule has 0 amide bonds. The van der Waals surface area contributed by atoms with Crippen LogP contribution < -0.4 is 10.5 Å². The number of ether oxygens (including phenoxy) is 1. The number of thiophene rings is 1. The minimum atomic E-state index is -0.960. The number of rotatable bonds is 3. The molecule has 0 bridgehead atoms. The van der Waals surface area contributed by atoms with Crippen LogP contribution in [0.15, 0.2) is 29.3 Å². The first-order chi connectivity index (χ1) is 14.3. The number of hydrogen-bond donors (Lipinski definition) is 2. The Morgan fingerprint density at radius 1 is 1.27 bits per heavy atom. The number of pyridine rings is 1. The van der Waals surface area contributed by atoms with Crippen molar-refractivity contribution in [2.75, 3.05) is 31.2 Å². The van der Waals surface area contributed by atoms with Gasteiger partial charge in [0, 0.05) is 48.4 Å². The highest BCUT2D eigenvalue weighted by atomic mass is 32.1. The SMILES string of the molecule is Cn1cc(-c2nc(N3CCOCC3)c3sc(C(C)(C)O)cc3n2)c2cc[nH]c2c1=O. The minimum absolute atomic E-state index is 0.0897. The van der Waals surface area contributed by atoms with Gasteiger partial charge >= 0.3 is 0 Å². The van der Waals surface area contributed by atoms with Crippen molar-refractivity contribution in [3.8, 4) is 11.4 Å². The molecular weight excluding hydrogens is 402 g/mol. The van der Waals surface area contributed by atoms with Crippen LogP contribution in [0.5, 0.6) is 0 Å². The van der Waals surface area contributed by atoms with E-state index in [9.17, 15) is 9.90 Å². The zero-order valence-corrected chi connectivity index (χ0v) is 17.9.